The van der Waals surface area contributed by atoms with Gasteiger partial charge in [-0.05, 0) is 32.3 Å². The molecular weight excluding hydrogens is 216 g/mol. The molecule has 0 saturated heterocycles. The van der Waals surface area contributed by atoms with Gasteiger partial charge >= 0.3 is 0 Å². The molecule has 0 aliphatic carbocycles. The van der Waals surface area contributed by atoms with E-state index in [2.05, 4.69) is 6.07 Å². The summed E-state index contributed by atoms with van der Waals surface area (Å²) in [5, 5.41) is 9.08. The van der Waals surface area contributed by atoms with E-state index < -0.39 is 0 Å². The Bertz CT molecular complexity index is 410. The molecule has 0 amide bonds. The maximum absolute atomic E-state index is 9.08. The first-order valence-electron chi connectivity index (χ1n) is 5.39. The van der Waals surface area contributed by atoms with E-state index in [-0.39, 0.29) is 6.04 Å². The highest BCUT2D eigenvalue weighted by Gasteiger charge is 2.14. The fourth-order valence-electron chi connectivity index (χ4n) is 1.59. The molecule has 1 atom stereocenters. The minimum atomic E-state index is -0.170. The fourth-order valence-corrected chi connectivity index (χ4v) is 1.59. The first-order chi connectivity index (χ1) is 8.12. The van der Waals surface area contributed by atoms with Crippen molar-refractivity contribution in [1.82, 2.24) is 4.90 Å². The van der Waals surface area contributed by atoms with Crippen LogP contribution in [-0.4, -0.2) is 39.3 Å². The fraction of sp³-hybridized carbons (Fsp3) is 0.462. The summed E-state index contributed by atoms with van der Waals surface area (Å²) in [5.41, 5.74) is 0.979. The van der Waals surface area contributed by atoms with Gasteiger partial charge in [0.1, 0.15) is 17.5 Å². The standard InChI is InChI=1S/C13H18N2O2/c1-15(2)11(9-14)7-10-8-12(16-3)5-6-13(10)17-4/h5-6,8,11H,7H2,1-4H3. The second-order valence-electron chi connectivity index (χ2n) is 3.99. The first kappa shape index (κ1) is 13.3. The van der Waals surface area contributed by atoms with Gasteiger partial charge in [0.05, 0.1) is 20.3 Å². The lowest BCUT2D eigenvalue weighted by molar-refractivity contribution is 0.341. The van der Waals surface area contributed by atoms with Crippen molar-refractivity contribution < 1.29 is 9.47 Å². The summed E-state index contributed by atoms with van der Waals surface area (Å²) in [7, 11) is 7.03. The predicted molar refractivity (Wildman–Crippen MR) is 66.3 cm³/mol. The van der Waals surface area contributed by atoms with Crippen LogP contribution >= 0.6 is 0 Å². The maximum atomic E-state index is 9.08. The third-order valence-electron chi connectivity index (χ3n) is 2.67. The molecule has 1 rings (SSSR count). The zero-order valence-corrected chi connectivity index (χ0v) is 10.7. The number of methoxy groups -OCH3 is 2. The molecule has 0 radical (unpaired) electrons. The van der Waals surface area contributed by atoms with Gasteiger partial charge in [0.2, 0.25) is 0 Å². The second kappa shape index (κ2) is 6.12. The molecule has 4 heteroatoms. The summed E-state index contributed by atoms with van der Waals surface area (Å²) in [4.78, 5) is 1.89. The predicted octanol–water partition coefficient (Wildman–Crippen LogP) is 1.70. The largest absolute Gasteiger partial charge is 0.497 e. The Morgan fingerprint density at radius 3 is 2.47 bits per heavy atom. The molecular formula is C13H18N2O2. The summed E-state index contributed by atoms with van der Waals surface area (Å²) in [6, 6.07) is 7.71. The van der Waals surface area contributed by atoms with Crippen LogP contribution in [0.15, 0.2) is 18.2 Å². The highest BCUT2D eigenvalue weighted by atomic mass is 16.5. The summed E-state index contributed by atoms with van der Waals surface area (Å²) < 4.78 is 10.5. The van der Waals surface area contributed by atoms with E-state index in [0.29, 0.717) is 6.42 Å². The van der Waals surface area contributed by atoms with E-state index in [0.717, 1.165) is 17.1 Å². The van der Waals surface area contributed by atoms with Gasteiger partial charge in [-0.1, -0.05) is 0 Å². The van der Waals surface area contributed by atoms with Crippen molar-refractivity contribution in [1.29, 1.82) is 5.26 Å². The highest BCUT2D eigenvalue weighted by molar-refractivity contribution is 5.41. The Hall–Kier alpha value is -1.73. The molecule has 1 aromatic carbocycles. The Balaban J connectivity index is 2.98. The average molecular weight is 234 g/mol. The van der Waals surface area contributed by atoms with Crippen molar-refractivity contribution >= 4 is 0 Å². The van der Waals surface area contributed by atoms with Gasteiger partial charge in [-0.3, -0.25) is 4.90 Å². The monoisotopic (exact) mass is 234 g/mol. The third kappa shape index (κ3) is 3.36. The Kier molecular flexibility index (Phi) is 4.80. The van der Waals surface area contributed by atoms with E-state index in [1.54, 1.807) is 14.2 Å². The molecule has 0 aliphatic rings. The molecule has 4 nitrogen and oxygen atoms in total. The van der Waals surface area contributed by atoms with Gasteiger partial charge in [-0.25, -0.2) is 0 Å². The van der Waals surface area contributed by atoms with E-state index >= 15 is 0 Å². The van der Waals surface area contributed by atoms with Crippen LogP contribution in [0.5, 0.6) is 11.5 Å². The molecule has 0 spiro atoms. The highest BCUT2D eigenvalue weighted by Crippen LogP contribution is 2.25. The lowest BCUT2D eigenvalue weighted by Gasteiger charge is -2.18. The number of likely N-dealkylation sites (N-methyl/N-ethyl adjacent to an activating group) is 1. The SMILES string of the molecule is COc1ccc(OC)c(CC(C#N)N(C)C)c1. The van der Waals surface area contributed by atoms with E-state index in [1.807, 2.05) is 37.2 Å². The number of hydrogen-bond donors (Lipinski definition) is 0. The van der Waals surface area contributed by atoms with Crippen LogP contribution < -0.4 is 9.47 Å². The van der Waals surface area contributed by atoms with Gasteiger partial charge in [-0.15, -0.1) is 0 Å². The molecule has 0 fully saturated rings. The second-order valence-corrected chi connectivity index (χ2v) is 3.99. The van der Waals surface area contributed by atoms with E-state index in [9.17, 15) is 0 Å². The van der Waals surface area contributed by atoms with Gasteiger partial charge in [-0.2, -0.15) is 5.26 Å². The molecule has 92 valence electrons. The molecule has 0 heterocycles. The minimum Gasteiger partial charge on any atom is -0.497 e. The van der Waals surface area contributed by atoms with E-state index in [1.165, 1.54) is 0 Å². The van der Waals surface area contributed by atoms with Crippen LogP contribution in [0.1, 0.15) is 5.56 Å². The van der Waals surface area contributed by atoms with Crippen molar-refractivity contribution in [2.75, 3.05) is 28.3 Å². The molecule has 0 bridgehead atoms. The number of rotatable bonds is 5. The van der Waals surface area contributed by atoms with Gasteiger partial charge < -0.3 is 9.47 Å². The molecule has 0 N–H and O–H groups in total. The third-order valence-corrected chi connectivity index (χ3v) is 2.67. The summed E-state index contributed by atoms with van der Waals surface area (Å²) in [6.07, 6.45) is 0.615. The van der Waals surface area contributed by atoms with Crippen molar-refractivity contribution in [3.05, 3.63) is 23.8 Å². The number of ether oxygens (including phenoxy) is 2. The van der Waals surface area contributed by atoms with Gasteiger partial charge in [0.25, 0.3) is 0 Å². The van der Waals surface area contributed by atoms with Crippen LogP contribution in [-0.2, 0) is 6.42 Å². The Morgan fingerprint density at radius 1 is 1.29 bits per heavy atom. The molecule has 0 aromatic heterocycles. The molecule has 17 heavy (non-hydrogen) atoms. The molecule has 0 aliphatic heterocycles. The summed E-state index contributed by atoms with van der Waals surface area (Å²) >= 11 is 0. The first-order valence-corrected chi connectivity index (χ1v) is 5.39. The summed E-state index contributed by atoms with van der Waals surface area (Å²) in [5.74, 6) is 1.56. The number of nitrogens with zero attached hydrogens (tertiary/aromatic N) is 2. The van der Waals surface area contributed by atoms with Crippen molar-refractivity contribution in [2.45, 2.75) is 12.5 Å². The topological polar surface area (TPSA) is 45.5 Å². The normalized spacial score (nSPS) is 12.0. The summed E-state index contributed by atoms with van der Waals surface area (Å²) in [6.45, 7) is 0. The molecule has 1 unspecified atom stereocenters. The van der Waals surface area contributed by atoms with Crippen LogP contribution in [0.2, 0.25) is 0 Å². The minimum absolute atomic E-state index is 0.170. The Labute approximate surface area is 102 Å². The number of benzene rings is 1. The van der Waals surface area contributed by atoms with Crippen LogP contribution in [0.3, 0.4) is 0 Å². The van der Waals surface area contributed by atoms with Gasteiger partial charge in [0, 0.05) is 12.0 Å². The van der Waals surface area contributed by atoms with Gasteiger partial charge in [0.15, 0.2) is 0 Å². The lowest BCUT2D eigenvalue weighted by Crippen LogP contribution is -2.28. The van der Waals surface area contributed by atoms with Crippen molar-refractivity contribution in [2.24, 2.45) is 0 Å². The number of hydrogen-bond acceptors (Lipinski definition) is 4. The maximum Gasteiger partial charge on any atom is 0.122 e. The van der Waals surface area contributed by atoms with Crippen LogP contribution in [0.25, 0.3) is 0 Å². The lowest BCUT2D eigenvalue weighted by atomic mass is 10.0. The average Bonchev–Trinajstić information content (AvgIpc) is 2.35. The van der Waals surface area contributed by atoms with Crippen LogP contribution in [0, 0.1) is 11.3 Å². The van der Waals surface area contributed by atoms with Crippen LogP contribution in [0.4, 0.5) is 0 Å². The number of nitriles is 1. The van der Waals surface area contributed by atoms with E-state index in [4.69, 9.17) is 14.7 Å². The zero-order valence-electron chi connectivity index (χ0n) is 10.7. The van der Waals surface area contributed by atoms with Crippen molar-refractivity contribution in [3.63, 3.8) is 0 Å². The smallest absolute Gasteiger partial charge is 0.122 e. The molecule has 1 aromatic rings. The molecule has 0 saturated carbocycles. The quantitative estimate of drug-likeness (QED) is 0.778. The zero-order chi connectivity index (χ0) is 12.8. The Morgan fingerprint density at radius 2 is 2.00 bits per heavy atom. The van der Waals surface area contributed by atoms with Crippen molar-refractivity contribution in [3.8, 4) is 17.6 Å².